The van der Waals surface area contributed by atoms with E-state index in [1.807, 2.05) is 44.2 Å². The van der Waals surface area contributed by atoms with E-state index >= 15 is 0 Å². The van der Waals surface area contributed by atoms with Crippen LogP contribution >= 0.6 is 0 Å². The van der Waals surface area contributed by atoms with Crippen molar-refractivity contribution in [2.45, 2.75) is 31.0 Å². The summed E-state index contributed by atoms with van der Waals surface area (Å²) in [6, 6.07) is 17.3. The number of ether oxygens (including phenoxy) is 1. The largest absolute Gasteiger partial charge is 0.373 e. The van der Waals surface area contributed by atoms with Crippen LogP contribution in [0.25, 0.3) is 10.9 Å². The van der Waals surface area contributed by atoms with Gasteiger partial charge in [0, 0.05) is 24.0 Å². The first-order valence-electron chi connectivity index (χ1n) is 9.76. The fourth-order valence-electron chi connectivity index (χ4n) is 3.60. The molecule has 1 fully saturated rings. The van der Waals surface area contributed by atoms with Gasteiger partial charge in [-0.1, -0.05) is 24.3 Å². The van der Waals surface area contributed by atoms with Gasteiger partial charge in [0.15, 0.2) is 0 Å². The molecule has 2 aromatic carbocycles. The summed E-state index contributed by atoms with van der Waals surface area (Å²) < 4.78 is 33.2. The highest BCUT2D eigenvalue weighted by atomic mass is 32.2. The number of aromatic nitrogens is 1. The Bertz CT molecular complexity index is 1190. The van der Waals surface area contributed by atoms with Crippen molar-refractivity contribution in [2.24, 2.45) is 0 Å². The van der Waals surface area contributed by atoms with Gasteiger partial charge >= 0.3 is 0 Å². The number of benzene rings is 2. The number of pyridine rings is 1. The third kappa shape index (κ3) is 4.21. The Morgan fingerprint density at radius 3 is 2.53 bits per heavy atom. The smallest absolute Gasteiger partial charge is 0.256 e. The molecule has 0 spiro atoms. The van der Waals surface area contributed by atoms with E-state index < -0.39 is 15.9 Å². The lowest BCUT2D eigenvalue weighted by Crippen LogP contribution is -2.48. The summed E-state index contributed by atoms with van der Waals surface area (Å²) in [6.45, 7) is 4.26. The Balaban J connectivity index is 1.56. The summed E-state index contributed by atoms with van der Waals surface area (Å²) in [4.78, 5) is 17.2. The molecule has 1 aromatic heterocycles. The lowest BCUT2D eigenvalue weighted by Gasteiger charge is -2.34. The number of morpholine rings is 1. The number of amides is 1. The van der Waals surface area contributed by atoms with Crippen LogP contribution in [0.1, 0.15) is 24.2 Å². The summed E-state index contributed by atoms with van der Waals surface area (Å²) in [5, 5.41) is 3.71. The van der Waals surface area contributed by atoms with Gasteiger partial charge in [-0.25, -0.2) is 13.4 Å². The quantitative estimate of drug-likeness (QED) is 0.693. The van der Waals surface area contributed by atoms with Crippen molar-refractivity contribution in [1.82, 2.24) is 9.29 Å². The molecule has 1 saturated heterocycles. The second kappa shape index (κ2) is 8.14. The molecule has 1 aliphatic heterocycles. The first-order chi connectivity index (χ1) is 14.3. The minimum absolute atomic E-state index is 0.0860. The van der Waals surface area contributed by atoms with Gasteiger partial charge < -0.3 is 10.1 Å². The normalized spacial score (nSPS) is 20.2. The van der Waals surface area contributed by atoms with Crippen LogP contribution in [0.2, 0.25) is 0 Å². The first kappa shape index (κ1) is 20.5. The number of sulfonamides is 1. The average molecular weight is 426 g/mol. The van der Waals surface area contributed by atoms with Gasteiger partial charge in [0.05, 0.1) is 22.6 Å². The van der Waals surface area contributed by atoms with E-state index in [0.29, 0.717) is 5.82 Å². The molecule has 156 valence electrons. The van der Waals surface area contributed by atoms with Crippen molar-refractivity contribution in [3.05, 3.63) is 66.2 Å². The molecule has 0 radical (unpaired) electrons. The van der Waals surface area contributed by atoms with Crippen LogP contribution in [0, 0.1) is 0 Å². The third-order valence-electron chi connectivity index (χ3n) is 4.96. The summed E-state index contributed by atoms with van der Waals surface area (Å²) >= 11 is 0. The van der Waals surface area contributed by atoms with Crippen molar-refractivity contribution in [3.8, 4) is 0 Å². The fourth-order valence-corrected chi connectivity index (χ4v) is 5.23. The Kier molecular flexibility index (Phi) is 5.55. The number of hydrogen-bond donors (Lipinski definition) is 1. The van der Waals surface area contributed by atoms with E-state index in [4.69, 9.17) is 4.74 Å². The predicted octanol–water partition coefficient (Wildman–Crippen LogP) is 3.29. The molecule has 0 bridgehead atoms. The maximum absolute atomic E-state index is 13.1. The van der Waals surface area contributed by atoms with Gasteiger partial charge in [0.2, 0.25) is 10.0 Å². The molecule has 2 unspecified atom stereocenters. The van der Waals surface area contributed by atoms with Crippen LogP contribution in [0.5, 0.6) is 0 Å². The molecule has 3 aromatic rings. The maximum Gasteiger partial charge on any atom is 0.256 e. The fraction of sp³-hybridized carbons (Fsp3) is 0.273. The summed E-state index contributed by atoms with van der Waals surface area (Å²) in [7, 11) is -3.73. The molecule has 4 rings (SSSR count). The lowest BCUT2D eigenvalue weighted by molar-refractivity contribution is -0.0440. The zero-order chi connectivity index (χ0) is 21.3. The summed E-state index contributed by atoms with van der Waals surface area (Å²) in [5.74, 6) is -0.0127. The van der Waals surface area contributed by atoms with Crippen molar-refractivity contribution in [1.29, 1.82) is 0 Å². The van der Waals surface area contributed by atoms with Gasteiger partial charge in [-0.2, -0.15) is 4.31 Å². The van der Waals surface area contributed by atoms with Crippen molar-refractivity contribution < 1.29 is 17.9 Å². The Labute approximate surface area is 175 Å². The molecular weight excluding hydrogens is 402 g/mol. The van der Waals surface area contributed by atoms with E-state index in [0.717, 1.165) is 10.9 Å². The second-order valence-electron chi connectivity index (χ2n) is 7.45. The van der Waals surface area contributed by atoms with E-state index in [2.05, 4.69) is 10.3 Å². The number of para-hydroxylation sites is 1. The van der Waals surface area contributed by atoms with Crippen LogP contribution in [-0.2, 0) is 14.8 Å². The number of rotatable bonds is 4. The molecule has 1 aliphatic rings. The molecule has 30 heavy (non-hydrogen) atoms. The number of fused-ring (bicyclic) bond motifs is 1. The minimum Gasteiger partial charge on any atom is -0.373 e. The number of carbonyl (C=O) groups excluding carboxylic acids is 1. The molecule has 1 N–H and O–H groups in total. The van der Waals surface area contributed by atoms with Crippen LogP contribution in [0.15, 0.2) is 65.6 Å². The summed E-state index contributed by atoms with van der Waals surface area (Å²) in [5.41, 5.74) is 1.02. The third-order valence-corrected chi connectivity index (χ3v) is 6.79. The average Bonchev–Trinajstić information content (AvgIpc) is 2.73. The monoisotopic (exact) mass is 425 g/mol. The molecule has 2 atom stereocenters. The number of anilines is 1. The van der Waals surface area contributed by atoms with Crippen LogP contribution in [0.3, 0.4) is 0 Å². The molecular formula is C22H23N3O4S. The molecule has 8 heteroatoms. The number of nitrogens with one attached hydrogen (secondary N) is 1. The van der Waals surface area contributed by atoms with Gasteiger partial charge in [0.1, 0.15) is 5.82 Å². The lowest BCUT2D eigenvalue weighted by atomic mass is 10.2. The maximum atomic E-state index is 13.1. The first-order valence-corrected chi connectivity index (χ1v) is 11.2. The van der Waals surface area contributed by atoms with E-state index in [-0.39, 0.29) is 35.8 Å². The van der Waals surface area contributed by atoms with Crippen molar-refractivity contribution >= 4 is 32.7 Å². The Morgan fingerprint density at radius 2 is 1.77 bits per heavy atom. The molecule has 2 heterocycles. The molecule has 7 nitrogen and oxygen atoms in total. The SMILES string of the molecule is CC1CN(S(=O)(=O)c2cccc(C(=O)Nc3ccc4ccccc4n3)c2)CC(C)O1. The number of hydrogen-bond acceptors (Lipinski definition) is 5. The molecule has 0 saturated carbocycles. The molecule has 1 amide bonds. The van der Waals surface area contributed by atoms with Gasteiger partial charge in [-0.15, -0.1) is 0 Å². The highest BCUT2D eigenvalue weighted by Crippen LogP contribution is 2.22. The Morgan fingerprint density at radius 1 is 1.03 bits per heavy atom. The van der Waals surface area contributed by atoms with E-state index in [1.165, 1.54) is 16.4 Å². The standard InChI is InChI=1S/C22H23N3O4S/c1-15-13-25(14-16(2)29-15)30(27,28)19-8-5-7-18(12-19)22(26)24-21-11-10-17-6-3-4-9-20(17)23-21/h3-12,15-16H,13-14H2,1-2H3,(H,23,24,26). The van der Waals surface area contributed by atoms with Gasteiger partial charge in [-0.05, 0) is 50.2 Å². The highest BCUT2D eigenvalue weighted by Gasteiger charge is 2.32. The topological polar surface area (TPSA) is 88.6 Å². The van der Waals surface area contributed by atoms with Gasteiger partial charge in [0.25, 0.3) is 5.91 Å². The van der Waals surface area contributed by atoms with Crippen molar-refractivity contribution in [2.75, 3.05) is 18.4 Å². The summed E-state index contributed by atoms with van der Waals surface area (Å²) in [6.07, 6.45) is -0.372. The minimum atomic E-state index is -3.73. The predicted molar refractivity (Wildman–Crippen MR) is 115 cm³/mol. The van der Waals surface area contributed by atoms with Crippen LogP contribution in [-0.4, -0.2) is 48.9 Å². The van der Waals surface area contributed by atoms with Crippen LogP contribution < -0.4 is 5.32 Å². The Hall–Kier alpha value is -2.81. The van der Waals surface area contributed by atoms with E-state index in [1.54, 1.807) is 18.2 Å². The molecule has 0 aliphatic carbocycles. The van der Waals surface area contributed by atoms with Crippen molar-refractivity contribution in [3.63, 3.8) is 0 Å². The zero-order valence-corrected chi connectivity index (χ0v) is 17.6. The van der Waals surface area contributed by atoms with Gasteiger partial charge in [-0.3, -0.25) is 4.79 Å². The number of carbonyl (C=O) groups is 1. The van der Waals surface area contributed by atoms with E-state index in [9.17, 15) is 13.2 Å². The highest BCUT2D eigenvalue weighted by molar-refractivity contribution is 7.89. The zero-order valence-electron chi connectivity index (χ0n) is 16.8. The number of nitrogens with zero attached hydrogens (tertiary/aromatic N) is 2. The second-order valence-corrected chi connectivity index (χ2v) is 9.39. The van der Waals surface area contributed by atoms with Crippen LogP contribution in [0.4, 0.5) is 5.82 Å².